The van der Waals surface area contributed by atoms with Crippen molar-refractivity contribution in [2.24, 2.45) is 11.7 Å². The van der Waals surface area contributed by atoms with Crippen LogP contribution in [-0.2, 0) is 0 Å². The van der Waals surface area contributed by atoms with Crippen molar-refractivity contribution in [2.75, 3.05) is 26.2 Å². The third kappa shape index (κ3) is 4.35. The van der Waals surface area contributed by atoms with Gasteiger partial charge in [0.1, 0.15) is 12.4 Å². The lowest BCUT2D eigenvalue weighted by Gasteiger charge is -2.36. The van der Waals surface area contributed by atoms with Crippen LogP contribution in [-0.4, -0.2) is 37.2 Å². The first-order chi connectivity index (χ1) is 9.60. The fourth-order valence-corrected chi connectivity index (χ4v) is 3.43. The monoisotopic (exact) mass is 360 g/mol. The van der Waals surface area contributed by atoms with Gasteiger partial charge in [0.15, 0.2) is 0 Å². The number of nitrogens with two attached hydrogens (primary N) is 1. The normalized spacial score (nSPS) is 23.8. The summed E-state index contributed by atoms with van der Waals surface area (Å²) in [4.78, 5) is 2.45. The average Bonchev–Trinajstić information content (AvgIpc) is 2.43. The van der Waals surface area contributed by atoms with Crippen molar-refractivity contribution < 1.29 is 4.74 Å². The quantitative estimate of drug-likeness (QED) is 0.872. The molecule has 0 aromatic heterocycles. The molecule has 0 saturated carbocycles. The van der Waals surface area contributed by atoms with E-state index < -0.39 is 0 Å². The smallest absolute Gasteiger partial charge is 0.133 e. The van der Waals surface area contributed by atoms with Crippen molar-refractivity contribution in [3.05, 3.63) is 27.7 Å². The molecular formula is C15H22BrClN2O. The van der Waals surface area contributed by atoms with Crippen LogP contribution in [0, 0.1) is 5.92 Å². The van der Waals surface area contributed by atoms with Gasteiger partial charge in [0.2, 0.25) is 0 Å². The van der Waals surface area contributed by atoms with Gasteiger partial charge in [-0.15, -0.1) is 0 Å². The Balaban J connectivity index is 1.78. The molecule has 1 aliphatic heterocycles. The summed E-state index contributed by atoms with van der Waals surface area (Å²) in [5, 5.41) is 0.708. The molecule has 1 heterocycles. The maximum atomic E-state index is 6.13. The van der Waals surface area contributed by atoms with Gasteiger partial charge in [0.05, 0.1) is 4.47 Å². The second kappa shape index (κ2) is 7.64. The Labute approximate surface area is 134 Å². The number of benzene rings is 1. The van der Waals surface area contributed by atoms with Gasteiger partial charge < -0.3 is 10.5 Å². The first-order valence-corrected chi connectivity index (χ1v) is 8.33. The Morgan fingerprint density at radius 2 is 2.30 bits per heavy atom. The van der Waals surface area contributed by atoms with Crippen molar-refractivity contribution in [3.63, 3.8) is 0 Å². The Morgan fingerprint density at radius 1 is 1.50 bits per heavy atom. The number of nitrogens with zero attached hydrogens (tertiary/aromatic N) is 1. The minimum Gasteiger partial charge on any atom is -0.491 e. The van der Waals surface area contributed by atoms with Crippen LogP contribution in [0.2, 0.25) is 5.02 Å². The van der Waals surface area contributed by atoms with Crippen LogP contribution in [0.25, 0.3) is 0 Å². The molecule has 0 bridgehead atoms. The number of rotatable bonds is 5. The van der Waals surface area contributed by atoms with Gasteiger partial charge in [0.25, 0.3) is 0 Å². The predicted octanol–water partition coefficient (Wildman–Crippen LogP) is 3.54. The highest BCUT2D eigenvalue weighted by molar-refractivity contribution is 9.10. The standard InChI is InChI=1S/C15H22BrClN2O/c1-2-11-10-19(6-5-14(11)18)7-8-20-15-4-3-12(17)9-13(15)16/h3-4,9,11,14H,2,5-8,10,18H2,1H3. The maximum Gasteiger partial charge on any atom is 0.133 e. The lowest BCUT2D eigenvalue weighted by atomic mass is 9.91. The number of hydrogen-bond acceptors (Lipinski definition) is 3. The molecule has 1 saturated heterocycles. The zero-order chi connectivity index (χ0) is 14.5. The molecule has 0 aliphatic carbocycles. The first kappa shape index (κ1) is 16.1. The van der Waals surface area contributed by atoms with E-state index in [1.807, 2.05) is 18.2 Å². The highest BCUT2D eigenvalue weighted by Crippen LogP contribution is 2.28. The fourth-order valence-electron chi connectivity index (χ4n) is 2.64. The molecule has 0 amide bonds. The van der Waals surface area contributed by atoms with Gasteiger partial charge in [-0.3, -0.25) is 4.90 Å². The fraction of sp³-hybridized carbons (Fsp3) is 0.600. The van der Waals surface area contributed by atoms with Crippen LogP contribution < -0.4 is 10.5 Å². The van der Waals surface area contributed by atoms with Gasteiger partial charge in [-0.1, -0.05) is 24.9 Å². The second-order valence-electron chi connectivity index (χ2n) is 5.34. The van der Waals surface area contributed by atoms with E-state index in [1.54, 1.807) is 0 Å². The van der Waals surface area contributed by atoms with Gasteiger partial charge >= 0.3 is 0 Å². The van der Waals surface area contributed by atoms with Crippen molar-refractivity contribution in [3.8, 4) is 5.75 Å². The molecule has 20 heavy (non-hydrogen) atoms. The van der Waals surface area contributed by atoms with Crippen molar-refractivity contribution in [1.29, 1.82) is 0 Å². The van der Waals surface area contributed by atoms with Gasteiger partial charge in [-0.2, -0.15) is 0 Å². The summed E-state index contributed by atoms with van der Waals surface area (Å²) in [5.41, 5.74) is 6.13. The molecule has 112 valence electrons. The largest absolute Gasteiger partial charge is 0.491 e. The molecule has 1 aromatic rings. The molecule has 2 atom stereocenters. The van der Waals surface area contributed by atoms with Crippen molar-refractivity contribution in [1.82, 2.24) is 4.90 Å². The van der Waals surface area contributed by atoms with Crippen LogP contribution in [0.1, 0.15) is 19.8 Å². The summed E-state index contributed by atoms with van der Waals surface area (Å²) >= 11 is 9.38. The van der Waals surface area contributed by atoms with E-state index in [9.17, 15) is 0 Å². The summed E-state index contributed by atoms with van der Waals surface area (Å²) < 4.78 is 6.71. The van der Waals surface area contributed by atoms with Gasteiger partial charge in [-0.25, -0.2) is 0 Å². The Bertz CT molecular complexity index is 444. The minimum absolute atomic E-state index is 0.363. The summed E-state index contributed by atoms with van der Waals surface area (Å²) in [6.07, 6.45) is 2.24. The molecule has 1 fully saturated rings. The molecule has 5 heteroatoms. The van der Waals surface area contributed by atoms with Crippen LogP contribution in [0.15, 0.2) is 22.7 Å². The number of ether oxygens (including phenoxy) is 1. The molecular weight excluding hydrogens is 340 g/mol. The highest BCUT2D eigenvalue weighted by atomic mass is 79.9. The minimum atomic E-state index is 0.363. The second-order valence-corrected chi connectivity index (χ2v) is 6.64. The lowest BCUT2D eigenvalue weighted by molar-refractivity contribution is 0.130. The SMILES string of the molecule is CCC1CN(CCOc2ccc(Cl)cc2Br)CCC1N. The van der Waals surface area contributed by atoms with Crippen LogP contribution in [0.4, 0.5) is 0 Å². The summed E-state index contributed by atoms with van der Waals surface area (Å²) in [6, 6.07) is 5.95. The Hall–Kier alpha value is -0.290. The number of piperidine rings is 1. The maximum absolute atomic E-state index is 6.13. The van der Waals surface area contributed by atoms with E-state index >= 15 is 0 Å². The van der Waals surface area contributed by atoms with Gasteiger partial charge in [0, 0.05) is 24.2 Å². The highest BCUT2D eigenvalue weighted by Gasteiger charge is 2.24. The molecule has 0 spiro atoms. The third-order valence-corrected chi connectivity index (χ3v) is 4.82. The topological polar surface area (TPSA) is 38.5 Å². The predicted molar refractivity (Wildman–Crippen MR) is 87.5 cm³/mol. The molecule has 2 unspecified atom stereocenters. The third-order valence-electron chi connectivity index (χ3n) is 3.96. The number of likely N-dealkylation sites (tertiary alicyclic amines) is 1. The molecule has 2 rings (SSSR count). The van der Waals surface area contributed by atoms with E-state index in [1.165, 1.54) is 0 Å². The molecule has 0 radical (unpaired) electrons. The van der Waals surface area contributed by atoms with Crippen molar-refractivity contribution >= 4 is 27.5 Å². The van der Waals surface area contributed by atoms with E-state index in [0.29, 0.717) is 23.6 Å². The van der Waals surface area contributed by atoms with Gasteiger partial charge in [-0.05, 0) is 53.0 Å². The van der Waals surface area contributed by atoms with E-state index in [-0.39, 0.29) is 0 Å². The molecule has 1 aliphatic rings. The first-order valence-electron chi connectivity index (χ1n) is 7.16. The van der Waals surface area contributed by atoms with Crippen LogP contribution >= 0.6 is 27.5 Å². The lowest BCUT2D eigenvalue weighted by Crippen LogP contribution is -2.47. The molecule has 3 nitrogen and oxygen atoms in total. The Kier molecular flexibility index (Phi) is 6.15. The van der Waals surface area contributed by atoms with Crippen LogP contribution in [0.3, 0.4) is 0 Å². The number of halogens is 2. The van der Waals surface area contributed by atoms with Crippen molar-refractivity contribution in [2.45, 2.75) is 25.8 Å². The van der Waals surface area contributed by atoms with Crippen LogP contribution in [0.5, 0.6) is 5.75 Å². The molecule has 2 N–H and O–H groups in total. The average molecular weight is 362 g/mol. The zero-order valence-corrected chi connectivity index (χ0v) is 14.2. The molecule has 1 aromatic carbocycles. The number of hydrogen-bond donors (Lipinski definition) is 1. The zero-order valence-electron chi connectivity index (χ0n) is 11.8. The Morgan fingerprint density at radius 3 is 3.00 bits per heavy atom. The summed E-state index contributed by atoms with van der Waals surface area (Å²) in [5.74, 6) is 1.46. The van der Waals surface area contributed by atoms with E-state index in [2.05, 4.69) is 27.8 Å². The van der Waals surface area contributed by atoms with E-state index in [4.69, 9.17) is 22.1 Å². The summed E-state index contributed by atoms with van der Waals surface area (Å²) in [6.45, 7) is 6.01. The summed E-state index contributed by atoms with van der Waals surface area (Å²) in [7, 11) is 0. The van der Waals surface area contributed by atoms with E-state index in [0.717, 1.165) is 42.7 Å².